The molecule has 0 radical (unpaired) electrons. The Morgan fingerprint density at radius 3 is 2.74 bits per heavy atom. The van der Waals surface area contributed by atoms with Gasteiger partial charge >= 0.3 is 0 Å². The molecule has 0 aliphatic carbocycles. The Hall–Kier alpha value is -2.30. The third kappa shape index (κ3) is 3.73. The molecule has 1 aliphatic heterocycles. The first-order valence-electron chi connectivity index (χ1n) is 8.15. The van der Waals surface area contributed by atoms with Crippen LogP contribution >= 0.6 is 0 Å². The van der Waals surface area contributed by atoms with E-state index in [1.165, 1.54) is 19.1 Å². The molecule has 0 saturated carbocycles. The van der Waals surface area contributed by atoms with Gasteiger partial charge in [-0.1, -0.05) is 13.0 Å². The molecule has 1 aliphatic rings. The van der Waals surface area contributed by atoms with Crippen molar-refractivity contribution in [1.29, 1.82) is 0 Å². The van der Waals surface area contributed by atoms with E-state index in [9.17, 15) is 4.79 Å². The van der Waals surface area contributed by atoms with Gasteiger partial charge in [-0.3, -0.25) is 4.79 Å². The van der Waals surface area contributed by atoms with E-state index in [2.05, 4.69) is 22.1 Å². The van der Waals surface area contributed by atoms with Crippen LogP contribution in [0.25, 0.3) is 0 Å². The lowest BCUT2D eigenvalue weighted by Crippen LogP contribution is -2.33. The Kier molecular flexibility index (Phi) is 4.65. The van der Waals surface area contributed by atoms with E-state index in [0.717, 1.165) is 30.4 Å². The molecule has 0 aromatic carbocycles. The second kappa shape index (κ2) is 6.86. The Balaban J connectivity index is 1.55. The number of carbonyl (C=O) groups is 1. The van der Waals surface area contributed by atoms with Crippen LogP contribution in [-0.4, -0.2) is 24.0 Å². The molecule has 0 atom stereocenters. The monoisotopic (exact) mass is 313 g/mol. The minimum Gasteiger partial charge on any atom is -0.469 e. The Labute approximate surface area is 136 Å². The van der Waals surface area contributed by atoms with Crippen molar-refractivity contribution in [3.05, 3.63) is 47.5 Å². The summed E-state index contributed by atoms with van der Waals surface area (Å²) in [6.45, 7) is 6.70. The first-order chi connectivity index (χ1) is 11.1. The SMILES string of the molecule is Cc1occc1C(=O)NCc1ccc(N2CCC(C)CC2)nc1. The maximum absolute atomic E-state index is 12.0. The minimum absolute atomic E-state index is 0.120. The highest BCUT2D eigenvalue weighted by molar-refractivity contribution is 5.94. The molecular formula is C18H23N3O2. The zero-order valence-corrected chi connectivity index (χ0v) is 13.7. The number of aromatic nitrogens is 1. The van der Waals surface area contributed by atoms with Crippen molar-refractivity contribution >= 4 is 11.7 Å². The van der Waals surface area contributed by atoms with Gasteiger partial charge in [0.25, 0.3) is 5.91 Å². The number of amides is 1. The molecule has 0 unspecified atom stereocenters. The van der Waals surface area contributed by atoms with E-state index in [4.69, 9.17) is 4.42 Å². The van der Waals surface area contributed by atoms with E-state index in [-0.39, 0.29) is 5.91 Å². The number of carbonyl (C=O) groups excluding carboxylic acids is 1. The lowest BCUT2D eigenvalue weighted by molar-refractivity contribution is 0.0949. The smallest absolute Gasteiger partial charge is 0.255 e. The normalized spacial score (nSPS) is 15.7. The molecule has 3 heterocycles. The van der Waals surface area contributed by atoms with Crippen LogP contribution in [0.2, 0.25) is 0 Å². The number of hydrogen-bond acceptors (Lipinski definition) is 4. The fraction of sp³-hybridized carbons (Fsp3) is 0.444. The van der Waals surface area contributed by atoms with E-state index in [1.807, 2.05) is 18.3 Å². The molecule has 1 N–H and O–H groups in total. The van der Waals surface area contributed by atoms with Gasteiger partial charge < -0.3 is 14.6 Å². The van der Waals surface area contributed by atoms with Gasteiger partial charge in [-0.2, -0.15) is 0 Å². The van der Waals surface area contributed by atoms with Crippen molar-refractivity contribution in [2.75, 3.05) is 18.0 Å². The molecule has 0 spiro atoms. The first kappa shape index (κ1) is 15.6. The molecular weight excluding hydrogens is 290 g/mol. The Morgan fingerprint density at radius 2 is 2.13 bits per heavy atom. The summed E-state index contributed by atoms with van der Waals surface area (Å²) < 4.78 is 5.15. The molecule has 5 nitrogen and oxygen atoms in total. The molecule has 122 valence electrons. The third-order valence-corrected chi connectivity index (χ3v) is 4.47. The average Bonchev–Trinajstić information content (AvgIpc) is 3.00. The van der Waals surface area contributed by atoms with Gasteiger partial charge in [0.15, 0.2) is 0 Å². The summed E-state index contributed by atoms with van der Waals surface area (Å²) in [5.41, 5.74) is 1.57. The molecule has 23 heavy (non-hydrogen) atoms. The molecule has 5 heteroatoms. The van der Waals surface area contributed by atoms with Crippen LogP contribution in [-0.2, 0) is 6.54 Å². The van der Waals surface area contributed by atoms with Gasteiger partial charge in [0.1, 0.15) is 11.6 Å². The van der Waals surface area contributed by atoms with Gasteiger partial charge in [-0.25, -0.2) is 4.98 Å². The van der Waals surface area contributed by atoms with E-state index >= 15 is 0 Å². The van der Waals surface area contributed by atoms with Crippen LogP contribution < -0.4 is 10.2 Å². The maximum Gasteiger partial charge on any atom is 0.255 e. The number of nitrogens with zero attached hydrogens (tertiary/aromatic N) is 2. The number of aryl methyl sites for hydroxylation is 1. The highest BCUT2D eigenvalue weighted by Gasteiger charge is 2.16. The average molecular weight is 313 g/mol. The quantitative estimate of drug-likeness (QED) is 0.942. The molecule has 1 saturated heterocycles. The number of hydrogen-bond donors (Lipinski definition) is 1. The second-order valence-corrected chi connectivity index (χ2v) is 6.27. The Morgan fingerprint density at radius 1 is 1.35 bits per heavy atom. The predicted octanol–water partition coefficient (Wildman–Crippen LogP) is 3.15. The fourth-order valence-corrected chi connectivity index (χ4v) is 2.84. The molecule has 1 fully saturated rings. The van der Waals surface area contributed by atoms with E-state index < -0.39 is 0 Å². The lowest BCUT2D eigenvalue weighted by Gasteiger charge is -2.31. The van der Waals surface area contributed by atoms with Gasteiger partial charge in [-0.05, 0) is 43.4 Å². The maximum atomic E-state index is 12.0. The summed E-state index contributed by atoms with van der Waals surface area (Å²) >= 11 is 0. The highest BCUT2D eigenvalue weighted by atomic mass is 16.3. The summed E-state index contributed by atoms with van der Waals surface area (Å²) in [4.78, 5) is 18.9. The fourth-order valence-electron chi connectivity index (χ4n) is 2.84. The third-order valence-electron chi connectivity index (χ3n) is 4.47. The minimum atomic E-state index is -0.120. The topological polar surface area (TPSA) is 58.4 Å². The van der Waals surface area contributed by atoms with Crippen LogP contribution in [0, 0.1) is 12.8 Å². The first-order valence-corrected chi connectivity index (χ1v) is 8.15. The largest absolute Gasteiger partial charge is 0.469 e. The van der Waals surface area contributed by atoms with Crippen molar-refractivity contribution in [3.63, 3.8) is 0 Å². The summed E-state index contributed by atoms with van der Waals surface area (Å²) in [6, 6.07) is 5.76. The van der Waals surface area contributed by atoms with E-state index in [1.54, 1.807) is 13.0 Å². The number of furan rings is 1. The summed E-state index contributed by atoms with van der Waals surface area (Å²) in [5.74, 6) is 2.35. The van der Waals surface area contributed by atoms with E-state index in [0.29, 0.717) is 17.9 Å². The number of piperidine rings is 1. The van der Waals surface area contributed by atoms with Gasteiger partial charge in [0.05, 0.1) is 11.8 Å². The second-order valence-electron chi connectivity index (χ2n) is 6.27. The molecule has 2 aromatic heterocycles. The number of anilines is 1. The molecule has 1 amide bonds. The van der Waals surface area contributed by atoms with Gasteiger partial charge in [0.2, 0.25) is 0 Å². The van der Waals surface area contributed by atoms with Gasteiger partial charge in [0, 0.05) is 25.8 Å². The number of pyridine rings is 1. The molecule has 2 aromatic rings. The zero-order valence-electron chi connectivity index (χ0n) is 13.7. The number of rotatable bonds is 4. The van der Waals surface area contributed by atoms with Crippen molar-refractivity contribution in [3.8, 4) is 0 Å². The lowest BCUT2D eigenvalue weighted by atomic mass is 9.99. The summed E-state index contributed by atoms with van der Waals surface area (Å²) in [5, 5.41) is 2.89. The highest BCUT2D eigenvalue weighted by Crippen LogP contribution is 2.21. The van der Waals surface area contributed by atoms with Crippen LogP contribution in [0.5, 0.6) is 0 Å². The van der Waals surface area contributed by atoms with Gasteiger partial charge in [-0.15, -0.1) is 0 Å². The summed E-state index contributed by atoms with van der Waals surface area (Å²) in [7, 11) is 0. The van der Waals surface area contributed by atoms with Crippen molar-refractivity contribution in [2.45, 2.75) is 33.2 Å². The van der Waals surface area contributed by atoms with Crippen LogP contribution in [0.4, 0.5) is 5.82 Å². The summed E-state index contributed by atoms with van der Waals surface area (Å²) in [6.07, 6.45) is 5.82. The van der Waals surface area contributed by atoms with Crippen molar-refractivity contribution in [1.82, 2.24) is 10.3 Å². The van der Waals surface area contributed by atoms with Crippen LogP contribution in [0.15, 0.2) is 35.1 Å². The van der Waals surface area contributed by atoms with Crippen molar-refractivity contribution in [2.24, 2.45) is 5.92 Å². The molecule has 3 rings (SSSR count). The predicted molar refractivity (Wildman–Crippen MR) is 89.5 cm³/mol. The number of nitrogens with one attached hydrogen (secondary N) is 1. The standard InChI is InChI=1S/C18H23N3O2/c1-13-5-8-21(9-6-13)17-4-3-15(11-19-17)12-20-18(22)16-7-10-23-14(16)2/h3-4,7,10-11,13H,5-6,8-9,12H2,1-2H3,(H,20,22). The zero-order chi connectivity index (χ0) is 16.2. The molecule has 0 bridgehead atoms. The van der Waals surface area contributed by atoms with Crippen molar-refractivity contribution < 1.29 is 9.21 Å². The van der Waals surface area contributed by atoms with Crippen LogP contribution in [0.1, 0.15) is 41.4 Å². The Bertz CT molecular complexity index is 655. The van der Waals surface area contributed by atoms with Crippen LogP contribution in [0.3, 0.4) is 0 Å².